The number of carbonyl (C=O) groups excluding carboxylic acids is 3. The van der Waals surface area contributed by atoms with Gasteiger partial charge in [0.05, 0.1) is 7.11 Å². The van der Waals surface area contributed by atoms with E-state index >= 15 is 0 Å². The Morgan fingerprint density at radius 1 is 1.14 bits per heavy atom. The first-order valence-corrected chi connectivity index (χ1v) is 10.1. The zero-order valence-electron chi connectivity index (χ0n) is 15.8. The Bertz CT molecular complexity index is 894. The maximum absolute atomic E-state index is 12.3. The third kappa shape index (κ3) is 4.36. The van der Waals surface area contributed by atoms with E-state index in [-0.39, 0.29) is 23.9 Å². The Balaban J connectivity index is 1.62. The van der Waals surface area contributed by atoms with Crippen LogP contribution in [0.3, 0.4) is 0 Å². The van der Waals surface area contributed by atoms with Gasteiger partial charge in [-0.15, -0.1) is 11.8 Å². The van der Waals surface area contributed by atoms with Crippen LogP contribution in [0.5, 0.6) is 5.75 Å². The SMILES string of the molecule is COc1cc(SC)ccc1C(=O)OCC(=O)c1ccc(N2CCCC2=O)cc1. The van der Waals surface area contributed by atoms with Crippen molar-refractivity contribution in [1.29, 1.82) is 0 Å². The van der Waals surface area contributed by atoms with Crippen LogP contribution < -0.4 is 9.64 Å². The van der Waals surface area contributed by atoms with Crippen LogP contribution in [0.4, 0.5) is 5.69 Å². The molecule has 0 N–H and O–H groups in total. The molecule has 1 aliphatic heterocycles. The number of ether oxygens (including phenoxy) is 2. The molecule has 6 nitrogen and oxygen atoms in total. The zero-order valence-corrected chi connectivity index (χ0v) is 16.6. The Morgan fingerprint density at radius 2 is 1.89 bits per heavy atom. The van der Waals surface area contributed by atoms with Gasteiger partial charge in [0, 0.05) is 29.1 Å². The first kappa shape index (κ1) is 19.9. The number of nitrogens with zero attached hydrogens (tertiary/aromatic N) is 1. The highest BCUT2D eigenvalue weighted by Gasteiger charge is 2.22. The number of esters is 1. The fraction of sp³-hybridized carbons (Fsp3) is 0.286. The van der Waals surface area contributed by atoms with Crippen LogP contribution in [-0.4, -0.2) is 44.2 Å². The lowest BCUT2D eigenvalue weighted by Gasteiger charge is -2.15. The van der Waals surface area contributed by atoms with Crippen molar-refractivity contribution in [2.24, 2.45) is 0 Å². The number of Topliss-reactive ketones (excluding diaryl/α,β-unsaturated/α-hetero) is 1. The highest BCUT2D eigenvalue weighted by Crippen LogP contribution is 2.26. The quantitative estimate of drug-likeness (QED) is 0.403. The lowest BCUT2D eigenvalue weighted by atomic mass is 10.1. The van der Waals surface area contributed by atoms with Gasteiger partial charge in [-0.3, -0.25) is 9.59 Å². The first-order chi connectivity index (χ1) is 13.5. The number of hydrogen-bond acceptors (Lipinski definition) is 6. The molecule has 2 aromatic rings. The van der Waals surface area contributed by atoms with Crippen molar-refractivity contribution >= 4 is 35.1 Å². The highest BCUT2D eigenvalue weighted by molar-refractivity contribution is 7.98. The normalized spacial score (nSPS) is 13.5. The summed E-state index contributed by atoms with van der Waals surface area (Å²) in [6.07, 6.45) is 3.32. The van der Waals surface area contributed by atoms with E-state index in [0.29, 0.717) is 24.3 Å². The van der Waals surface area contributed by atoms with E-state index in [1.54, 1.807) is 47.4 Å². The van der Waals surface area contributed by atoms with E-state index in [1.165, 1.54) is 18.9 Å². The van der Waals surface area contributed by atoms with Gasteiger partial charge in [-0.1, -0.05) is 0 Å². The van der Waals surface area contributed by atoms with Crippen molar-refractivity contribution < 1.29 is 23.9 Å². The molecule has 0 aliphatic carbocycles. The van der Waals surface area contributed by atoms with E-state index in [1.807, 2.05) is 6.26 Å². The molecule has 1 aliphatic rings. The molecule has 0 bridgehead atoms. The van der Waals surface area contributed by atoms with E-state index in [4.69, 9.17) is 9.47 Å². The minimum absolute atomic E-state index is 0.0921. The molecule has 1 saturated heterocycles. The molecule has 0 atom stereocenters. The molecular weight excluding hydrogens is 378 g/mol. The predicted octanol–water partition coefficient (Wildman–Crippen LogP) is 3.58. The van der Waals surface area contributed by atoms with Crippen molar-refractivity contribution in [3.8, 4) is 5.75 Å². The van der Waals surface area contributed by atoms with Crippen LogP contribution in [0.25, 0.3) is 0 Å². The van der Waals surface area contributed by atoms with Crippen molar-refractivity contribution in [1.82, 2.24) is 0 Å². The number of carbonyl (C=O) groups is 3. The molecule has 1 heterocycles. The standard InChI is InChI=1S/C21H21NO5S/c1-26-19-12-16(28-2)9-10-17(19)21(25)27-13-18(23)14-5-7-15(8-6-14)22-11-3-4-20(22)24/h5-10,12H,3-4,11,13H2,1-2H3. The highest BCUT2D eigenvalue weighted by atomic mass is 32.2. The molecule has 1 fully saturated rings. The summed E-state index contributed by atoms with van der Waals surface area (Å²) in [5, 5.41) is 0. The summed E-state index contributed by atoms with van der Waals surface area (Å²) in [6.45, 7) is 0.329. The molecule has 146 valence electrons. The maximum atomic E-state index is 12.3. The van der Waals surface area contributed by atoms with Crippen LogP contribution in [0.1, 0.15) is 33.6 Å². The van der Waals surface area contributed by atoms with Crippen molar-refractivity contribution in [3.63, 3.8) is 0 Å². The number of ketones is 1. The molecule has 0 saturated carbocycles. The average Bonchev–Trinajstić information content (AvgIpc) is 3.17. The number of amides is 1. The number of hydrogen-bond donors (Lipinski definition) is 0. The molecule has 0 aromatic heterocycles. The maximum Gasteiger partial charge on any atom is 0.342 e. The lowest BCUT2D eigenvalue weighted by Crippen LogP contribution is -2.23. The summed E-state index contributed by atoms with van der Waals surface area (Å²) in [4.78, 5) is 39.1. The van der Waals surface area contributed by atoms with Gasteiger partial charge in [-0.2, -0.15) is 0 Å². The largest absolute Gasteiger partial charge is 0.496 e. The molecule has 7 heteroatoms. The number of anilines is 1. The lowest BCUT2D eigenvalue weighted by molar-refractivity contribution is -0.117. The van der Waals surface area contributed by atoms with E-state index < -0.39 is 5.97 Å². The molecule has 1 amide bonds. The third-order valence-corrected chi connectivity index (χ3v) is 5.26. The second-order valence-corrected chi connectivity index (χ2v) is 7.14. The molecule has 0 unspecified atom stereocenters. The van der Waals surface area contributed by atoms with Gasteiger partial charge in [0.1, 0.15) is 11.3 Å². The fourth-order valence-electron chi connectivity index (χ4n) is 3.01. The topological polar surface area (TPSA) is 72.9 Å². The summed E-state index contributed by atoms with van der Waals surface area (Å²) in [6, 6.07) is 11.9. The molecule has 0 radical (unpaired) electrons. The van der Waals surface area contributed by atoms with E-state index in [0.717, 1.165) is 17.0 Å². The Hall–Kier alpha value is -2.80. The Morgan fingerprint density at radius 3 is 2.50 bits per heavy atom. The van der Waals surface area contributed by atoms with Crippen molar-refractivity contribution in [3.05, 3.63) is 53.6 Å². The van der Waals surface area contributed by atoms with Gasteiger partial charge < -0.3 is 14.4 Å². The fourth-order valence-corrected chi connectivity index (χ4v) is 3.44. The smallest absolute Gasteiger partial charge is 0.342 e. The summed E-state index contributed by atoms with van der Waals surface area (Å²) in [5.41, 5.74) is 1.47. The molecule has 2 aromatic carbocycles. The number of methoxy groups -OCH3 is 1. The van der Waals surface area contributed by atoms with Crippen molar-refractivity contribution in [2.45, 2.75) is 17.7 Å². The van der Waals surface area contributed by atoms with Crippen molar-refractivity contribution in [2.75, 3.05) is 31.4 Å². The summed E-state index contributed by atoms with van der Waals surface area (Å²) in [7, 11) is 1.48. The van der Waals surface area contributed by atoms with Crippen LogP contribution in [-0.2, 0) is 9.53 Å². The predicted molar refractivity (Wildman–Crippen MR) is 107 cm³/mol. The van der Waals surface area contributed by atoms with Gasteiger partial charge in [-0.25, -0.2) is 4.79 Å². The molecule has 0 spiro atoms. The van der Waals surface area contributed by atoms with Gasteiger partial charge in [0.2, 0.25) is 5.91 Å². The monoisotopic (exact) mass is 399 g/mol. The Labute approximate surface area is 167 Å². The summed E-state index contributed by atoms with van der Waals surface area (Å²) >= 11 is 1.53. The summed E-state index contributed by atoms with van der Waals surface area (Å²) in [5.74, 6) is -0.428. The third-order valence-electron chi connectivity index (χ3n) is 4.54. The first-order valence-electron chi connectivity index (χ1n) is 8.86. The summed E-state index contributed by atoms with van der Waals surface area (Å²) < 4.78 is 10.4. The molecule has 3 rings (SSSR count). The molecular formula is C21H21NO5S. The van der Waals surface area contributed by atoms with Crippen LogP contribution in [0.15, 0.2) is 47.4 Å². The van der Waals surface area contributed by atoms with Gasteiger partial charge >= 0.3 is 5.97 Å². The average molecular weight is 399 g/mol. The van der Waals surface area contributed by atoms with Crippen LogP contribution in [0, 0.1) is 0 Å². The van der Waals surface area contributed by atoms with E-state index in [9.17, 15) is 14.4 Å². The zero-order chi connectivity index (χ0) is 20.1. The number of benzene rings is 2. The second-order valence-electron chi connectivity index (χ2n) is 6.26. The van der Waals surface area contributed by atoms with Crippen LogP contribution in [0.2, 0.25) is 0 Å². The minimum Gasteiger partial charge on any atom is -0.496 e. The Kier molecular flexibility index (Phi) is 6.36. The second kappa shape index (κ2) is 8.93. The number of thioether (sulfide) groups is 1. The van der Waals surface area contributed by atoms with Gasteiger partial charge in [0.25, 0.3) is 0 Å². The van der Waals surface area contributed by atoms with Gasteiger partial charge in [0.15, 0.2) is 12.4 Å². The van der Waals surface area contributed by atoms with Gasteiger partial charge in [-0.05, 0) is 55.1 Å². The number of rotatable bonds is 7. The van der Waals surface area contributed by atoms with Crippen LogP contribution >= 0.6 is 11.8 Å². The van der Waals surface area contributed by atoms with E-state index in [2.05, 4.69) is 0 Å². The minimum atomic E-state index is -0.614. The molecule has 28 heavy (non-hydrogen) atoms.